The molecule has 2 amide bonds. The molecule has 25 heavy (non-hydrogen) atoms. The van der Waals surface area contributed by atoms with Gasteiger partial charge in [-0.05, 0) is 31.2 Å². The third-order valence-electron chi connectivity index (χ3n) is 3.60. The number of hydrogen-bond acceptors (Lipinski definition) is 7. The number of morpholine rings is 1. The van der Waals surface area contributed by atoms with Crippen molar-refractivity contribution < 1.29 is 29.0 Å². The molecular formula is C16H20N3O6-. The third kappa shape index (κ3) is 4.91. The summed E-state index contributed by atoms with van der Waals surface area (Å²) in [5.41, 5.74) is 7.05. The molecule has 0 saturated carbocycles. The van der Waals surface area contributed by atoms with Crippen LogP contribution < -0.4 is 20.6 Å². The number of amides is 2. The number of aliphatic carboxylic acids is 1. The van der Waals surface area contributed by atoms with Crippen molar-refractivity contribution in [2.75, 3.05) is 42.6 Å². The number of nitrogens with two attached hydrogens (primary N) is 1. The number of rotatable bonds is 3. The van der Waals surface area contributed by atoms with Crippen LogP contribution in [0.3, 0.4) is 0 Å². The zero-order chi connectivity index (χ0) is 18.4. The SMILES string of the molecule is CC(=O)[O-].NC[C@H]1CN(c2ccc(N3CCOCC3=O)cc2)C(=O)O1. The molecule has 2 heterocycles. The summed E-state index contributed by atoms with van der Waals surface area (Å²) in [4.78, 5) is 35.6. The number of carboxylic acid groups (broad SMARTS) is 1. The third-order valence-corrected chi connectivity index (χ3v) is 3.60. The number of ether oxygens (including phenoxy) is 2. The Hall–Kier alpha value is -2.65. The molecule has 0 unspecified atom stereocenters. The fourth-order valence-electron chi connectivity index (χ4n) is 2.46. The number of anilines is 2. The van der Waals surface area contributed by atoms with E-state index >= 15 is 0 Å². The van der Waals surface area contributed by atoms with Gasteiger partial charge < -0.3 is 30.0 Å². The van der Waals surface area contributed by atoms with E-state index in [2.05, 4.69) is 0 Å². The second-order valence-corrected chi connectivity index (χ2v) is 5.46. The number of hydrogen-bond donors (Lipinski definition) is 1. The van der Waals surface area contributed by atoms with Crippen LogP contribution in [-0.2, 0) is 19.1 Å². The van der Waals surface area contributed by atoms with Crippen molar-refractivity contribution in [2.45, 2.75) is 13.0 Å². The predicted molar refractivity (Wildman–Crippen MR) is 87.0 cm³/mol. The lowest BCUT2D eigenvalue weighted by Gasteiger charge is -2.27. The van der Waals surface area contributed by atoms with Gasteiger partial charge in [-0.15, -0.1) is 0 Å². The van der Waals surface area contributed by atoms with Gasteiger partial charge in [0, 0.05) is 30.4 Å². The van der Waals surface area contributed by atoms with Crippen LogP contribution in [0, 0.1) is 0 Å². The Balaban J connectivity index is 0.000000511. The first-order valence-electron chi connectivity index (χ1n) is 7.76. The van der Waals surface area contributed by atoms with Crippen LogP contribution in [0.25, 0.3) is 0 Å². The van der Waals surface area contributed by atoms with Gasteiger partial charge in [-0.2, -0.15) is 0 Å². The number of carbonyl (C=O) groups is 3. The van der Waals surface area contributed by atoms with Crippen molar-refractivity contribution >= 4 is 29.3 Å². The van der Waals surface area contributed by atoms with Crippen molar-refractivity contribution in [3.8, 4) is 0 Å². The highest BCUT2D eigenvalue weighted by Crippen LogP contribution is 2.25. The average Bonchev–Trinajstić information content (AvgIpc) is 2.96. The van der Waals surface area contributed by atoms with Gasteiger partial charge in [-0.3, -0.25) is 9.69 Å². The highest BCUT2D eigenvalue weighted by molar-refractivity contribution is 5.95. The van der Waals surface area contributed by atoms with E-state index in [9.17, 15) is 9.59 Å². The molecule has 2 aliphatic heterocycles. The molecule has 2 saturated heterocycles. The molecule has 0 spiro atoms. The van der Waals surface area contributed by atoms with Crippen LogP contribution in [0.1, 0.15) is 6.92 Å². The predicted octanol–water partition coefficient (Wildman–Crippen LogP) is -0.910. The minimum Gasteiger partial charge on any atom is -0.550 e. The molecule has 1 aromatic rings. The minimum atomic E-state index is -1.08. The zero-order valence-electron chi connectivity index (χ0n) is 13.8. The Morgan fingerprint density at radius 2 is 1.80 bits per heavy atom. The maximum absolute atomic E-state index is 11.8. The van der Waals surface area contributed by atoms with Gasteiger partial charge in [0.15, 0.2) is 0 Å². The van der Waals surface area contributed by atoms with Gasteiger partial charge in [0.2, 0.25) is 0 Å². The second kappa shape index (κ2) is 8.45. The summed E-state index contributed by atoms with van der Waals surface area (Å²) in [6, 6.07) is 7.25. The van der Waals surface area contributed by atoms with E-state index in [4.69, 9.17) is 25.1 Å². The standard InChI is InChI=1S/C14H17N3O4.C2H4O2/c15-7-12-8-17(14(19)21-12)11-3-1-10(2-4-11)16-5-6-20-9-13(16)18;1-2(3)4/h1-4,12H,5-9,15H2;1H3,(H,3,4)/p-1/t12-;/m0./s1. The molecule has 2 fully saturated rings. The number of nitrogens with zero attached hydrogens (tertiary/aromatic N) is 2. The summed E-state index contributed by atoms with van der Waals surface area (Å²) in [6.45, 7) is 2.91. The van der Waals surface area contributed by atoms with Crippen LogP contribution in [-0.4, -0.2) is 56.9 Å². The normalized spacial score (nSPS) is 20.0. The molecule has 0 aromatic heterocycles. The lowest BCUT2D eigenvalue weighted by atomic mass is 10.2. The lowest BCUT2D eigenvalue weighted by molar-refractivity contribution is -0.302. The summed E-state index contributed by atoms with van der Waals surface area (Å²) in [5.74, 6) is -1.14. The fourth-order valence-corrected chi connectivity index (χ4v) is 2.46. The van der Waals surface area contributed by atoms with Crippen LogP contribution in [0.15, 0.2) is 24.3 Å². The maximum Gasteiger partial charge on any atom is 0.414 e. The van der Waals surface area contributed by atoms with E-state index in [0.29, 0.717) is 26.2 Å². The smallest absolute Gasteiger partial charge is 0.414 e. The fraction of sp³-hybridized carbons (Fsp3) is 0.438. The van der Waals surface area contributed by atoms with Gasteiger partial charge in [0.1, 0.15) is 12.7 Å². The van der Waals surface area contributed by atoms with Gasteiger partial charge in [0.25, 0.3) is 5.91 Å². The Kier molecular flexibility index (Phi) is 6.31. The molecule has 0 bridgehead atoms. The summed E-state index contributed by atoms with van der Waals surface area (Å²) < 4.78 is 10.2. The second-order valence-electron chi connectivity index (χ2n) is 5.46. The zero-order valence-corrected chi connectivity index (χ0v) is 13.8. The topological polar surface area (TPSA) is 125 Å². The number of carbonyl (C=O) groups excluding carboxylic acids is 3. The largest absolute Gasteiger partial charge is 0.550 e. The van der Waals surface area contributed by atoms with Crippen molar-refractivity contribution in [1.29, 1.82) is 0 Å². The molecule has 0 aliphatic carbocycles. The first kappa shape index (κ1) is 18.7. The molecule has 2 N–H and O–H groups in total. The Morgan fingerprint density at radius 3 is 2.28 bits per heavy atom. The molecule has 2 aliphatic rings. The van der Waals surface area contributed by atoms with Crippen molar-refractivity contribution in [1.82, 2.24) is 0 Å². The maximum atomic E-state index is 11.8. The molecule has 136 valence electrons. The summed E-state index contributed by atoms with van der Waals surface area (Å²) in [7, 11) is 0. The first-order chi connectivity index (χ1) is 11.9. The molecule has 3 rings (SSSR count). The monoisotopic (exact) mass is 350 g/mol. The van der Waals surface area contributed by atoms with Crippen molar-refractivity contribution in [3.05, 3.63) is 24.3 Å². The van der Waals surface area contributed by atoms with E-state index < -0.39 is 5.97 Å². The summed E-state index contributed by atoms with van der Waals surface area (Å²) >= 11 is 0. The highest BCUT2D eigenvalue weighted by atomic mass is 16.6. The number of carboxylic acids is 1. The van der Waals surface area contributed by atoms with Gasteiger partial charge >= 0.3 is 6.09 Å². The summed E-state index contributed by atoms with van der Waals surface area (Å²) in [5, 5.41) is 8.89. The van der Waals surface area contributed by atoms with Crippen molar-refractivity contribution in [2.24, 2.45) is 5.73 Å². The molecule has 0 radical (unpaired) electrons. The van der Waals surface area contributed by atoms with E-state index in [-0.39, 0.29) is 24.7 Å². The van der Waals surface area contributed by atoms with Gasteiger partial charge in [-0.25, -0.2) is 4.79 Å². The van der Waals surface area contributed by atoms with Crippen LogP contribution in [0.4, 0.5) is 16.2 Å². The summed E-state index contributed by atoms with van der Waals surface area (Å²) in [6.07, 6.45) is -0.654. The molecule has 1 aromatic carbocycles. The van der Waals surface area contributed by atoms with E-state index in [1.54, 1.807) is 21.9 Å². The van der Waals surface area contributed by atoms with Crippen LogP contribution in [0.2, 0.25) is 0 Å². The molecular weight excluding hydrogens is 330 g/mol. The Labute approximate surface area is 144 Å². The Morgan fingerprint density at radius 1 is 1.24 bits per heavy atom. The molecule has 1 atom stereocenters. The number of cyclic esters (lactones) is 1. The quantitative estimate of drug-likeness (QED) is 0.748. The lowest BCUT2D eigenvalue weighted by Crippen LogP contribution is -2.41. The van der Waals surface area contributed by atoms with E-state index in [0.717, 1.165) is 18.3 Å². The highest BCUT2D eigenvalue weighted by Gasteiger charge is 2.31. The minimum absolute atomic E-state index is 0.0576. The van der Waals surface area contributed by atoms with E-state index in [1.165, 1.54) is 0 Å². The number of benzene rings is 1. The van der Waals surface area contributed by atoms with Crippen molar-refractivity contribution in [3.63, 3.8) is 0 Å². The van der Waals surface area contributed by atoms with Crippen LogP contribution in [0.5, 0.6) is 0 Å². The molecule has 9 heteroatoms. The van der Waals surface area contributed by atoms with Gasteiger partial charge in [0.05, 0.1) is 13.2 Å². The molecule has 9 nitrogen and oxygen atoms in total. The van der Waals surface area contributed by atoms with Crippen LogP contribution >= 0.6 is 0 Å². The first-order valence-corrected chi connectivity index (χ1v) is 7.76. The average molecular weight is 350 g/mol. The Bertz CT molecular complexity index is 629. The van der Waals surface area contributed by atoms with E-state index in [1.807, 2.05) is 12.1 Å². The van der Waals surface area contributed by atoms with Gasteiger partial charge in [-0.1, -0.05) is 0 Å².